The first-order valence-electron chi connectivity index (χ1n) is 9.25. The molecule has 170 valence electrons. The Morgan fingerprint density at radius 2 is 1.55 bits per heavy atom. The third kappa shape index (κ3) is 9.76. The molecule has 1 unspecified atom stereocenters. The molecular weight excluding hydrogens is 452 g/mol. The second-order valence-electron chi connectivity index (χ2n) is 7.96. The Hall–Kier alpha value is -2.02. The van der Waals surface area contributed by atoms with Crippen LogP contribution in [0.15, 0.2) is 42.5 Å². The highest BCUT2D eigenvalue weighted by Gasteiger charge is 2.21. The zero-order valence-electron chi connectivity index (χ0n) is 17.8. The predicted molar refractivity (Wildman–Crippen MR) is 119 cm³/mol. The van der Waals surface area contributed by atoms with Gasteiger partial charge in [0.2, 0.25) is 0 Å². The number of benzene rings is 2. The molecule has 0 amide bonds. The summed E-state index contributed by atoms with van der Waals surface area (Å²) in [7, 11) is 0. The van der Waals surface area contributed by atoms with Crippen LogP contribution in [0, 0.1) is 6.92 Å². The minimum atomic E-state index is -3.67. The molecule has 31 heavy (non-hydrogen) atoms. The first-order valence-corrected chi connectivity index (χ1v) is 10.0. The van der Waals surface area contributed by atoms with Crippen LogP contribution in [0.3, 0.4) is 0 Å². The number of hydrogen-bond acceptors (Lipinski definition) is 3. The van der Waals surface area contributed by atoms with Crippen molar-refractivity contribution in [2.45, 2.75) is 52.5 Å². The molecule has 0 saturated heterocycles. The lowest BCUT2D eigenvalue weighted by Gasteiger charge is -2.21. The van der Waals surface area contributed by atoms with E-state index in [1.807, 2.05) is 39.8 Å². The Morgan fingerprint density at radius 3 is 2.00 bits per heavy atom. The van der Waals surface area contributed by atoms with Crippen LogP contribution in [0.25, 0.3) is 6.08 Å². The molecule has 8 heteroatoms. The highest BCUT2D eigenvalue weighted by atomic mass is 35.5. The third-order valence-corrected chi connectivity index (χ3v) is 4.35. The van der Waals surface area contributed by atoms with Crippen LogP contribution >= 0.6 is 23.2 Å². The van der Waals surface area contributed by atoms with Gasteiger partial charge < -0.3 is 9.84 Å². The van der Waals surface area contributed by atoms with E-state index in [1.54, 1.807) is 43.3 Å². The van der Waals surface area contributed by atoms with Crippen LogP contribution in [0.4, 0.5) is 13.2 Å². The number of aryl methyl sites for hydroxylation is 1. The molecule has 0 spiro atoms. The minimum absolute atomic E-state index is 0.351. The van der Waals surface area contributed by atoms with E-state index in [4.69, 9.17) is 27.9 Å². The molecule has 0 aliphatic rings. The van der Waals surface area contributed by atoms with Crippen LogP contribution in [0.2, 0.25) is 10.0 Å². The van der Waals surface area contributed by atoms with Gasteiger partial charge in [0.1, 0.15) is 11.2 Å². The maximum atomic E-state index is 12.3. The van der Waals surface area contributed by atoms with Gasteiger partial charge in [-0.15, -0.1) is 0 Å². The van der Waals surface area contributed by atoms with E-state index in [1.165, 1.54) is 0 Å². The SMILES string of the molecule is Cc1cc(/C=C/C(C)(O)c2cc(Cl)cc(Cl)c2)ccc1C(=O)OC(C)(C)C.FC(F)F. The van der Waals surface area contributed by atoms with E-state index < -0.39 is 17.9 Å². The highest BCUT2D eigenvalue weighted by Crippen LogP contribution is 2.29. The number of halogens is 5. The summed E-state index contributed by atoms with van der Waals surface area (Å²) in [5, 5.41) is 11.7. The summed E-state index contributed by atoms with van der Waals surface area (Å²) in [5.74, 6) is -0.351. The molecule has 0 aliphatic heterocycles. The number of hydrogen-bond donors (Lipinski definition) is 1. The van der Waals surface area contributed by atoms with Crippen LogP contribution < -0.4 is 0 Å². The fourth-order valence-corrected chi connectivity index (χ4v) is 3.08. The van der Waals surface area contributed by atoms with Gasteiger partial charge >= 0.3 is 12.6 Å². The van der Waals surface area contributed by atoms with Crippen LogP contribution in [0.5, 0.6) is 0 Å². The lowest BCUT2D eigenvalue weighted by Crippen LogP contribution is -2.24. The number of rotatable bonds is 4. The fourth-order valence-electron chi connectivity index (χ4n) is 2.55. The predicted octanol–water partition coefficient (Wildman–Crippen LogP) is 7.36. The van der Waals surface area contributed by atoms with Crippen LogP contribution in [0.1, 0.15) is 54.7 Å². The standard InChI is InChI=1S/C22H24Cl2O3.CHF3/c1-14-10-15(6-7-19(14)20(25)27-21(2,3)4)8-9-22(5,26)16-11-17(23)13-18(24)12-16;2-1(3)4/h6-13,26H,1-5H3;1H/b9-8+;. The number of ether oxygens (including phenoxy) is 1. The van der Waals surface area contributed by atoms with Gasteiger partial charge in [-0.25, -0.2) is 4.79 Å². The molecule has 0 fully saturated rings. The number of aliphatic hydroxyl groups is 1. The summed E-state index contributed by atoms with van der Waals surface area (Å²) >= 11 is 12.0. The highest BCUT2D eigenvalue weighted by molar-refractivity contribution is 6.34. The van der Waals surface area contributed by atoms with Gasteiger partial charge in [0.15, 0.2) is 0 Å². The molecule has 0 aromatic heterocycles. The van der Waals surface area contributed by atoms with Crippen molar-refractivity contribution in [1.29, 1.82) is 0 Å². The van der Waals surface area contributed by atoms with Crippen molar-refractivity contribution < 1.29 is 27.8 Å². The molecule has 1 N–H and O–H groups in total. The summed E-state index contributed by atoms with van der Waals surface area (Å²) in [6, 6.07) is 10.4. The molecule has 2 rings (SSSR count). The van der Waals surface area contributed by atoms with Gasteiger partial charge in [0.05, 0.1) is 5.56 Å². The van der Waals surface area contributed by atoms with Crippen molar-refractivity contribution in [3.05, 3.63) is 74.8 Å². The number of alkyl halides is 3. The molecule has 0 bridgehead atoms. The van der Waals surface area contributed by atoms with Crippen LogP contribution in [-0.4, -0.2) is 23.4 Å². The summed E-state index contributed by atoms with van der Waals surface area (Å²) in [6.07, 6.45) is 3.46. The average molecular weight is 477 g/mol. The minimum Gasteiger partial charge on any atom is -0.456 e. The normalized spacial score (nSPS) is 13.5. The summed E-state index contributed by atoms with van der Waals surface area (Å²) in [6.45, 7) is 5.35. The first-order chi connectivity index (χ1) is 14.1. The second-order valence-corrected chi connectivity index (χ2v) is 8.84. The van der Waals surface area contributed by atoms with Crippen molar-refractivity contribution in [1.82, 2.24) is 0 Å². The maximum absolute atomic E-state index is 12.3. The molecular formula is C23H25Cl2F3O3. The smallest absolute Gasteiger partial charge is 0.379 e. The van der Waals surface area contributed by atoms with Gasteiger partial charge in [-0.05, 0) is 81.7 Å². The lowest BCUT2D eigenvalue weighted by atomic mass is 9.94. The molecule has 2 aromatic carbocycles. The number of esters is 1. The summed E-state index contributed by atoms with van der Waals surface area (Å²) < 4.78 is 34.4. The van der Waals surface area contributed by atoms with Crippen molar-refractivity contribution in [3.8, 4) is 0 Å². The Kier molecular flexibility index (Phi) is 9.61. The summed E-state index contributed by atoms with van der Waals surface area (Å²) in [4.78, 5) is 12.3. The number of carbonyl (C=O) groups excluding carboxylic acids is 1. The number of carbonyl (C=O) groups is 1. The maximum Gasteiger partial charge on any atom is 0.379 e. The molecule has 0 saturated carbocycles. The van der Waals surface area contributed by atoms with Crippen molar-refractivity contribution >= 4 is 35.2 Å². The largest absolute Gasteiger partial charge is 0.456 e. The molecule has 2 aromatic rings. The van der Waals surface area contributed by atoms with Crippen LogP contribution in [-0.2, 0) is 10.3 Å². The van der Waals surface area contributed by atoms with Crippen molar-refractivity contribution in [2.24, 2.45) is 0 Å². The van der Waals surface area contributed by atoms with E-state index >= 15 is 0 Å². The molecule has 0 radical (unpaired) electrons. The Bertz CT molecular complexity index is 913. The monoisotopic (exact) mass is 476 g/mol. The molecule has 0 aliphatic carbocycles. The first kappa shape index (κ1) is 27.0. The van der Waals surface area contributed by atoms with E-state index in [9.17, 15) is 23.1 Å². The Labute approximate surface area is 190 Å². The average Bonchev–Trinajstić information content (AvgIpc) is 2.57. The quantitative estimate of drug-likeness (QED) is 0.468. The van der Waals surface area contributed by atoms with Gasteiger partial charge in [-0.1, -0.05) is 41.4 Å². The topological polar surface area (TPSA) is 46.5 Å². The van der Waals surface area contributed by atoms with Gasteiger partial charge in [0, 0.05) is 10.0 Å². The van der Waals surface area contributed by atoms with E-state index in [0.717, 1.165) is 11.1 Å². The van der Waals surface area contributed by atoms with Gasteiger partial charge in [-0.2, -0.15) is 13.2 Å². The fraction of sp³-hybridized carbons (Fsp3) is 0.348. The second kappa shape index (κ2) is 11.0. The third-order valence-electron chi connectivity index (χ3n) is 3.92. The van der Waals surface area contributed by atoms with Gasteiger partial charge in [-0.3, -0.25) is 0 Å². The Morgan fingerprint density at radius 1 is 1.03 bits per heavy atom. The zero-order chi connectivity index (χ0) is 24.0. The van der Waals surface area contributed by atoms with E-state index in [2.05, 4.69) is 0 Å². The summed E-state index contributed by atoms with van der Waals surface area (Å²) in [5.41, 5.74) is 0.990. The van der Waals surface area contributed by atoms with E-state index in [0.29, 0.717) is 21.2 Å². The molecule has 1 atom stereocenters. The molecule has 3 nitrogen and oxygen atoms in total. The molecule has 0 heterocycles. The zero-order valence-corrected chi connectivity index (χ0v) is 19.4. The lowest BCUT2D eigenvalue weighted by molar-refractivity contribution is 0.00630. The van der Waals surface area contributed by atoms with Crippen molar-refractivity contribution in [2.75, 3.05) is 0 Å². The Balaban J connectivity index is 0.00000110. The van der Waals surface area contributed by atoms with Crippen molar-refractivity contribution in [3.63, 3.8) is 0 Å². The van der Waals surface area contributed by atoms with E-state index in [-0.39, 0.29) is 5.97 Å². The van der Waals surface area contributed by atoms with Gasteiger partial charge in [0.25, 0.3) is 0 Å².